The maximum absolute atomic E-state index is 12.9. The van der Waals surface area contributed by atoms with E-state index in [4.69, 9.17) is 16.3 Å². The number of urea groups is 1. The van der Waals surface area contributed by atoms with Crippen molar-refractivity contribution in [2.75, 3.05) is 12.4 Å². The molecule has 0 radical (unpaired) electrons. The molecule has 27 heavy (non-hydrogen) atoms. The van der Waals surface area contributed by atoms with E-state index in [9.17, 15) is 14.7 Å². The quantitative estimate of drug-likeness (QED) is 0.646. The molecule has 0 aliphatic carbocycles. The number of halogens is 1. The second-order valence-corrected chi connectivity index (χ2v) is 6.37. The Kier molecular flexibility index (Phi) is 5.23. The number of anilines is 1. The van der Waals surface area contributed by atoms with Gasteiger partial charge in [-0.2, -0.15) is 0 Å². The largest absolute Gasteiger partial charge is 0.504 e. The van der Waals surface area contributed by atoms with Gasteiger partial charge in [0.15, 0.2) is 11.5 Å². The lowest BCUT2D eigenvalue weighted by Gasteiger charge is -2.29. The van der Waals surface area contributed by atoms with Crippen molar-refractivity contribution >= 4 is 29.2 Å². The summed E-state index contributed by atoms with van der Waals surface area (Å²) in [6.07, 6.45) is 0. The molecule has 8 heteroatoms. The Morgan fingerprint density at radius 1 is 1.26 bits per heavy atom. The van der Waals surface area contributed by atoms with E-state index in [1.165, 1.54) is 7.11 Å². The van der Waals surface area contributed by atoms with Crippen molar-refractivity contribution in [2.24, 2.45) is 0 Å². The van der Waals surface area contributed by atoms with Gasteiger partial charge in [-0.15, -0.1) is 0 Å². The van der Waals surface area contributed by atoms with Crippen molar-refractivity contribution in [1.82, 2.24) is 10.6 Å². The monoisotopic (exact) mass is 387 g/mol. The third-order valence-electron chi connectivity index (χ3n) is 4.16. The molecule has 7 nitrogen and oxygen atoms in total. The Labute approximate surface area is 161 Å². The summed E-state index contributed by atoms with van der Waals surface area (Å²) in [6, 6.07) is 10.3. The molecule has 2 aromatic carbocycles. The lowest BCUT2D eigenvalue weighted by atomic mass is 9.93. The zero-order valence-electron chi connectivity index (χ0n) is 14.7. The molecule has 140 valence electrons. The standard InChI is InChI=1S/C19H18ClN3O4/c1-10-15(18(25)22-12-6-3-5-11(20)9-12)16(23-19(26)21-10)13-7-4-8-14(27-2)17(13)24/h3-9,16,24H,1-2H3,(H,22,25)(H2,21,23,26)/t16-/m0/s1. The number of carbonyl (C=O) groups is 2. The number of para-hydroxylation sites is 1. The molecule has 1 aliphatic rings. The van der Waals surface area contributed by atoms with Gasteiger partial charge in [0, 0.05) is 22.0 Å². The Balaban J connectivity index is 2.01. The number of phenols is 1. The second kappa shape index (κ2) is 7.59. The Bertz CT molecular complexity index is 942. The van der Waals surface area contributed by atoms with Gasteiger partial charge in [0.2, 0.25) is 0 Å². The molecule has 0 aromatic heterocycles. The molecule has 1 aliphatic heterocycles. The number of benzene rings is 2. The molecule has 0 bridgehead atoms. The fourth-order valence-corrected chi connectivity index (χ4v) is 3.12. The average Bonchev–Trinajstić information content (AvgIpc) is 2.61. The Hall–Kier alpha value is -3.19. The van der Waals surface area contributed by atoms with Crippen LogP contribution in [-0.4, -0.2) is 24.2 Å². The first-order valence-corrected chi connectivity index (χ1v) is 8.49. The molecule has 0 spiro atoms. The van der Waals surface area contributed by atoms with Crippen LogP contribution in [0.5, 0.6) is 11.5 Å². The smallest absolute Gasteiger partial charge is 0.319 e. The SMILES string of the molecule is COc1cccc([C@@H]2NC(=O)NC(C)=C2C(=O)Nc2cccc(Cl)c2)c1O. The number of hydrogen-bond donors (Lipinski definition) is 4. The van der Waals surface area contributed by atoms with Crippen LogP contribution in [0, 0.1) is 0 Å². The van der Waals surface area contributed by atoms with Gasteiger partial charge in [-0.05, 0) is 31.2 Å². The molecule has 4 N–H and O–H groups in total. The van der Waals surface area contributed by atoms with Crippen molar-refractivity contribution in [3.05, 3.63) is 64.3 Å². The van der Waals surface area contributed by atoms with Crippen molar-refractivity contribution in [3.8, 4) is 11.5 Å². The van der Waals surface area contributed by atoms with Crippen LogP contribution >= 0.6 is 11.6 Å². The maximum atomic E-state index is 12.9. The van der Waals surface area contributed by atoms with Crippen LogP contribution in [0.1, 0.15) is 18.5 Å². The number of methoxy groups -OCH3 is 1. The van der Waals surface area contributed by atoms with E-state index in [1.54, 1.807) is 49.4 Å². The number of ether oxygens (including phenoxy) is 1. The predicted molar refractivity (Wildman–Crippen MR) is 102 cm³/mol. The van der Waals surface area contributed by atoms with Gasteiger partial charge in [-0.1, -0.05) is 29.8 Å². The summed E-state index contributed by atoms with van der Waals surface area (Å²) in [5, 5.41) is 19.0. The van der Waals surface area contributed by atoms with Gasteiger partial charge >= 0.3 is 6.03 Å². The molecule has 0 saturated heterocycles. The Morgan fingerprint density at radius 3 is 2.70 bits per heavy atom. The number of hydrogen-bond acceptors (Lipinski definition) is 4. The van der Waals surface area contributed by atoms with Gasteiger partial charge in [-0.25, -0.2) is 4.79 Å². The number of allylic oxidation sites excluding steroid dienone is 1. The van der Waals surface area contributed by atoms with Crippen LogP contribution in [0.15, 0.2) is 53.7 Å². The van der Waals surface area contributed by atoms with E-state index in [1.807, 2.05) is 0 Å². The highest BCUT2D eigenvalue weighted by Gasteiger charge is 2.33. The summed E-state index contributed by atoms with van der Waals surface area (Å²) in [4.78, 5) is 24.9. The minimum Gasteiger partial charge on any atom is -0.504 e. The van der Waals surface area contributed by atoms with Crippen LogP contribution in [-0.2, 0) is 4.79 Å². The first kappa shape index (κ1) is 18.6. The lowest BCUT2D eigenvalue weighted by Crippen LogP contribution is -2.46. The van der Waals surface area contributed by atoms with Crippen molar-refractivity contribution < 1.29 is 19.4 Å². The minimum absolute atomic E-state index is 0.145. The van der Waals surface area contributed by atoms with Gasteiger partial charge in [-0.3, -0.25) is 4.79 Å². The van der Waals surface area contributed by atoms with Crippen LogP contribution in [0.2, 0.25) is 5.02 Å². The van der Waals surface area contributed by atoms with Crippen LogP contribution in [0.4, 0.5) is 10.5 Å². The summed E-state index contributed by atoms with van der Waals surface area (Å²) >= 11 is 5.96. The topological polar surface area (TPSA) is 99.7 Å². The number of rotatable bonds is 4. The molecule has 3 amide bonds. The van der Waals surface area contributed by atoms with E-state index in [0.29, 0.717) is 22.0 Å². The Morgan fingerprint density at radius 2 is 2.00 bits per heavy atom. The maximum Gasteiger partial charge on any atom is 0.319 e. The van der Waals surface area contributed by atoms with Crippen LogP contribution in [0.25, 0.3) is 0 Å². The van der Waals surface area contributed by atoms with Crippen molar-refractivity contribution in [3.63, 3.8) is 0 Å². The summed E-state index contributed by atoms with van der Waals surface area (Å²) in [7, 11) is 1.42. The van der Waals surface area contributed by atoms with E-state index in [2.05, 4.69) is 16.0 Å². The lowest BCUT2D eigenvalue weighted by molar-refractivity contribution is -0.113. The molecule has 3 rings (SSSR count). The average molecular weight is 388 g/mol. The number of amides is 3. The summed E-state index contributed by atoms with van der Waals surface area (Å²) in [5.74, 6) is -0.338. The molecular formula is C19H18ClN3O4. The molecule has 0 unspecified atom stereocenters. The third kappa shape index (κ3) is 3.83. The zero-order valence-corrected chi connectivity index (χ0v) is 15.4. The van der Waals surface area contributed by atoms with Crippen LogP contribution in [0.3, 0.4) is 0 Å². The van der Waals surface area contributed by atoms with E-state index in [-0.39, 0.29) is 17.1 Å². The molecule has 1 heterocycles. The second-order valence-electron chi connectivity index (χ2n) is 5.93. The van der Waals surface area contributed by atoms with Gasteiger partial charge < -0.3 is 25.8 Å². The van der Waals surface area contributed by atoms with E-state index >= 15 is 0 Å². The van der Waals surface area contributed by atoms with Gasteiger partial charge in [0.1, 0.15) is 0 Å². The highest BCUT2D eigenvalue weighted by atomic mass is 35.5. The number of carbonyl (C=O) groups excluding carboxylic acids is 2. The highest BCUT2D eigenvalue weighted by molar-refractivity contribution is 6.31. The van der Waals surface area contributed by atoms with Gasteiger partial charge in [0.25, 0.3) is 5.91 Å². The highest BCUT2D eigenvalue weighted by Crippen LogP contribution is 2.38. The number of phenolic OH excluding ortho intramolecular Hbond substituents is 1. The first-order valence-electron chi connectivity index (χ1n) is 8.11. The number of nitrogens with one attached hydrogen (secondary N) is 3. The third-order valence-corrected chi connectivity index (χ3v) is 4.39. The predicted octanol–water partition coefficient (Wildman–Crippen LogP) is 3.32. The van der Waals surface area contributed by atoms with Crippen molar-refractivity contribution in [2.45, 2.75) is 13.0 Å². The number of aromatic hydroxyl groups is 1. The molecular weight excluding hydrogens is 370 g/mol. The minimum atomic E-state index is -0.854. The zero-order chi connectivity index (χ0) is 19.6. The fourth-order valence-electron chi connectivity index (χ4n) is 2.93. The van der Waals surface area contributed by atoms with E-state index < -0.39 is 18.0 Å². The summed E-state index contributed by atoms with van der Waals surface area (Å²) in [5.41, 5.74) is 1.50. The summed E-state index contributed by atoms with van der Waals surface area (Å²) < 4.78 is 5.13. The van der Waals surface area contributed by atoms with E-state index in [0.717, 1.165) is 0 Å². The molecule has 0 saturated carbocycles. The normalized spacial score (nSPS) is 16.4. The van der Waals surface area contributed by atoms with Gasteiger partial charge in [0.05, 0.1) is 18.7 Å². The van der Waals surface area contributed by atoms with Crippen LogP contribution < -0.4 is 20.7 Å². The molecule has 0 fully saturated rings. The molecule has 1 atom stereocenters. The first-order chi connectivity index (χ1) is 12.9. The summed E-state index contributed by atoms with van der Waals surface area (Å²) in [6.45, 7) is 1.62. The van der Waals surface area contributed by atoms with Crippen molar-refractivity contribution in [1.29, 1.82) is 0 Å². The fraction of sp³-hybridized carbons (Fsp3) is 0.158. The molecule has 2 aromatic rings.